The number of hydrogen-bond acceptors (Lipinski definition) is 3. The smallest absolute Gasteiger partial charge is 0.326 e. The maximum absolute atomic E-state index is 15.5. The number of carbonyl (C=O) groups excluding carboxylic acids is 1. The largest absolute Gasteiger partial charge is 0.494 e. The minimum absolute atomic E-state index is 0.0894. The summed E-state index contributed by atoms with van der Waals surface area (Å²) in [6.45, 7) is 0. The second-order valence-corrected chi connectivity index (χ2v) is 7.96. The van der Waals surface area contributed by atoms with E-state index in [1.54, 1.807) is 54.6 Å². The Morgan fingerprint density at radius 2 is 1.72 bits per heavy atom. The van der Waals surface area contributed by atoms with Crippen molar-refractivity contribution in [3.63, 3.8) is 0 Å². The predicted molar refractivity (Wildman–Crippen MR) is 119 cm³/mol. The van der Waals surface area contributed by atoms with Crippen LogP contribution in [-0.4, -0.2) is 35.0 Å². The number of nitrogens with zero attached hydrogens (tertiary/aromatic N) is 1. The molecule has 32 heavy (non-hydrogen) atoms. The van der Waals surface area contributed by atoms with E-state index in [9.17, 15) is 14.7 Å². The Kier molecular flexibility index (Phi) is 6.15. The fourth-order valence-corrected chi connectivity index (χ4v) is 4.56. The van der Waals surface area contributed by atoms with Crippen molar-refractivity contribution in [3.05, 3.63) is 88.7 Å². The lowest BCUT2D eigenvalue weighted by Crippen LogP contribution is -2.42. The molecule has 4 rings (SSSR count). The minimum Gasteiger partial charge on any atom is -0.494 e. The van der Waals surface area contributed by atoms with E-state index in [-0.39, 0.29) is 17.7 Å². The molecular weight excluding hydrogens is 433 g/mol. The van der Waals surface area contributed by atoms with Gasteiger partial charge in [0.15, 0.2) is 11.6 Å². The molecule has 1 saturated heterocycles. The zero-order valence-electron chi connectivity index (χ0n) is 17.3. The summed E-state index contributed by atoms with van der Waals surface area (Å²) in [5, 5.41) is 10.3. The summed E-state index contributed by atoms with van der Waals surface area (Å²) in [6.07, 6.45) is 0.641. The van der Waals surface area contributed by atoms with Gasteiger partial charge in [0.05, 0.1) is 18.7 Å². The molecule has 1 amide bonds. The Balaban J connectivity index is 1.89. The monoisotopic (exact) mass is 453 g/mol. The molecule has 1 aliphatic heterocycles. The van der Waals surface area contributed by atoms with E-state index in [2.05, 4.69) is 0 Å². The molecule has 1 aliphatic rings. The van der Waals surface area contributed by atoms with Gasteiger partial charge in [-0.3, -0.25) is 4.79 Å². The third-order valence-electron chi connectivity index (χ3n) is 5.79. The quantitative estimate of drug-likeness (QED) is 0.547. The zero-order chi connectivity index (χ0) is 22.8. The molecule has 1 fully saturated rings. The van der Waals surface area contributed by atoms with Gasteiger partial charge in [-0.25, -0.2) is 9.18 Å². The SMILES string of the molecule is COc1ccc(-c2ccccc2)c(C(=O)N2C(C(=O)O)CCC2c2ccccc2Cl)c1F. The third-order valence-corrected chi connectivity index (χ3v) is 6.14. The van der Waals surface area contributed by atoms with Crippen LogP contribution in [0.4, 0.5) is 4.39 Å². The molecule has 0 aromatic heterocycles. The number of methoxy groups -OCH3 is 1. The molecule has 2 atom stereocenters. The molecule has 3 aromatic carbocycles. The van der Waals surface area contributed by atoms with E-state index < -0.39 is 29.8 Å². The van der Waals surface area contributed by atoms with Crippen LogP contribution in [0.25, 0.3) is 11.1 Å². The van der Waals surface area contributed by atoms with Crippen molar-refractivity contribution in [2.75, 3.05) is 7.11 Å². The number of benzene rings is 3. The Morgan fingerprint density at radius 3 is 2.38 bits per heavy atom. The second kappa shape index (κ2) is 9.01. The normalized spacial score (nSPS) is 17.9. The first-order chi connectivity index (χ1) is 15.4. The molecule has 0 aliphatic carbocycles. The van der Waals surface area contributed by atoms with Crippen LogP contribution in [0, 0.1) is 5.82 Å². The molecule has 7 heteroatoms. The number of aliphatic carboxylic acids is 1. The van der Waals surface area contributed by atoms with Crippen LogP contribution in [0.15, 0.2) is 66.7 Å². The van der Waals surface area contributed by atoms with Crippen LogP contribution < -0.4 is 4.74 Å². The topological polar surface area (TPSA) is 66.8 Å². The second-order valence-electron chi connectivity index (χ2n) is 7.55. The summed E-state index contributed by atoms with van der Waals surface area (Å²) < 4.78 is 20.6. The summed E-state index contributed by atoms with van der Waals surface area (Å²) in [6, 6.07) is 17.3. The first-order valence-electron chi connectivity index (χ1n) is 10.2. The molecule has 0 radical (unpaired) electrons. The van der Waals surface area contributed by atoms with E-state index >= 15 is 4.39 Å². The Labute approximate surface area is 190 Å². The maximum Gasteiger partial charge on any atom is 0.326 e. The highest BCUT2D eigenvalue weighted by atomic mass is 35.5. The Bertz CT molecular complexity index is 1170. The average Bonchev–Trinajstić information content (AvgIpc) is 3.24. The van der Waals surface area contributed by atoms with Crippen molar-refractivity contribution in [3.8, 4) is 16.9 Å². The van der Waals surface area contributed by atoms with Gasteiger partial charge in [-0.2, -0.15) is 0 Å². The van der Waals surface area contributed by atoms with Crippen LogP contribution in [0.5, 0.6) is 5.75 Å². The van der Waals surface area contributed by atoms with Crippen LogP contribution in [0.2, 0.25) is 5.02 Å². The molecule has 1 heterocycles. The lowest BCUT2D eigenvalue weighted by molar-refractivity contribution is -0.141. The van der Waals surface area contributed by atoms with Crippen molar-refractivity contribution >= 4 is 23.5 Å². The van der Waals surface area contributed by atoms with Gasteiger partial charge in [-0.1, -0.05) is 60.1 Å². The number of likely N-dealkylation sites (tertiary alicyclic amines) is 1. The molecule has 0 spiro atoms. The molecule has 0 bridgehead atoms. The number of halogens is 2. The zero-order valence-corrected chi connectivity index (χ0v) is 18.1. The highest BCUT2D eigenvalue weighted by Crippen LogP contribution is 2.42. The van der Waals surface area contributed by atoms with E-state index in [0.717, 1.165) is 0 Å². The van der Waals surface area contributed by atoms with E-state index in [4.69, 9.17) is 16.3 Å². The van der Waals surface area contributed by atoms with Crippen LogP contribution in [-0.2, 0) is 4.79 Å². The van der Waals surface area contributed by atoms with Gasteiger partial charge in [0, 0.05) is 5.02 Å². The Morgan fingerprint density at radius 1 is 1.03 bits per heavy atom. The fourth-order valence-electron chi connectivity index (χ4n) is 4.30. The molecule has 5 nitrogen and oxygen atoms in total. The van der Waals surface area contributed by atoms with Gasteiger partial charge in [-0.05, 0) is 47.7 Å². The predicted octanol–water partition coefficient (Wildman–Crippen LogP) is 5.59. The molecule has 2 unspecified atom stereocenters. The first kappa shape index (κ1) is 21.8. The summed E-state index contributed by atoms with van der Waals surface area (Å²) >= 11 is 6.37. The van der Waals surface area contributed by atoms with Crippen LogP contribution in [0.3, 0.4) is 0 Å². The summed E-state index contributed by atoms with van der Waals surface area (Å²) in [5.74, 6) is -2.77. The van der Waals surface area contributed by atoms with Gasteiger partial charge in [-0.15, -0.1) is 0 Å². The van der Waals surface area contributed by atoms with Crippen LogP contribution >= 0.6 is 11.6 Å². The van der Waals surface area contributed by atoms with E-state index in [0.29, 0.717) is 28.1 Å². The van der Waals surface area contributed by atoms with Crippen molar-refractivity contribution < 1.29 is 23.8 Å². The average molecular weight is 454 g/mol. The lowest BCUT2D eigenvalue weighted by atomic mass is 9.96. The van der Waals surface area contributed by atoms with Gasteiger partial charge in [0.25, 0.3) is 5.91 Å². The maximum atomic E-state index is 15.5. The molecule has 0 saturated carbocycles. The molecule has 164 valence electrons. The van der Waals surface area contributed by atoms with Crippen molar-refractivity contribution in [2.45, 2.75) is 24.9 Å². The minimum atomic E-state index is -1.14. The fraction of sp³-hybridized carbons (Fsp3) is 0.200. The highest BCUT2D eigenvalue weighted by molar-refractivity contribution is 6.31. The number of rotatable bonds is 5. The van der Waals surface area contributed by atoms with Crippen molar-refractivity contribution in [1.29, 1.82) is 0 Å². The third kappa shape index (κ3) is 3.82. The summed E-state index contributed by atoms with van der Waals surface area (Å²) in [5.41, 5.74) is 1.41. The van der Waals surface area contributed by atoms with E-state index in [1.807, 2.05) is 6.07 Å². The number of ether oxygens (including phenoxy) is 1. The number of carboxylic acids is 1. The van der Waals surface area contributed by atoms with Crippen LogP contribution in [0.1, 0.15) is 34.8 Å². The molecule has 1 N–H and O–H groups in total. The summed E-state index contributed by atoms with van der Waals surface area (Å²) in [4.78, 5) is 27.1. The molecular formula is C25H21ClFNO4. The van der Waals surface area contributed by atoms with Crippen molar-refractivity contribution in [2.24, 2.45) is 0 Å². The number of carbonyl (C=O) groups is 2. The lowest BCUT2D eigenvalue weighted by Gasteiger charge is -2.30. The van der Waals surface area contributed by atoms with Gasteiger partial charge in [0.2, 0.25) is 0 Å². The van der Waals surface area contributed by atoms with Gasteiger partial charge < -0.3 is 14.7 Å². The highest BCUT2D eigenvalue weighted by Gasteiger charge is 2.44. The van der Waals surface area contributed by atoms with E-state index in [1.165, 1.54) is 18.1 Å². The summed E-state index contributed by atoms with van der Waals surface area (Å²) in [7, 11) is 1.32. The van der Waals surface area contributed by atoms with Gasteiger partial charge in [0.1, 0.15) is 6.04 Å². The first-order valence-corrected chi connectivity index (χ1v) is 10.5. The molecule has 3 aromatic rings. The number of carboxylic acid groups (broad SMARTS) is 1. The standard InChI is InChI=1S/C25H21ClFNO4/c1-32-21-14-11-16(15-7-3-2-4-8-15)22(23(21)27)24(29)28-19(12-13-20(28)25(30)31)17-9-5-6-10-18(17)26/h2-11,14,19-20H,12-13H2,1H3,(H,30,31). The number of hydrogen-bond donors (Lipinski definition) is 1. The number of amides is 1. The van der Waals surface area contributed by atoms with Crippen molar-refractivity contribution in [1.82, 2.24) is 4.90 Å². The van der Waals surface area contributed by atoms with Gasteiger partial charge >= 0.3 is 5.97 Å². The Hall–Kier alpha value is -3.38.